The molecule has 19 heavy (non-hydrogen) atoms. The number of hydrogen-bond donors (Lipinski definition) is 1. The van der Waals surface area contributed by atoms with Crippen LogP contribution in [0.3, 0.4) is 0 Å². The SMILES string of the molecule is N#CC(C#N)=NNc1cccc(N2CCCCC2)c1. The molecule has 0 aliphatic carbocycles. The fourth-order valence-electron chi connectivity index (χ4n) is 2.12. The zero-order valence-electron chi connectivity index (χ0n) is 10.6. The van der Waals surface area contributed by atoms with Crippen molar-refractivity contribution in [2.24, 2.45) is 5.10 Å². The van der Waals surface area contributed by atoms with Gasteiger partial charge in [-0.1, -0.05) is 6.07 Å². The summed E-state index contributed by atoms with van der Waals surface area (Å²) >= 11 is 0. The first-order chi connectivity index (χ1) is 9.33. The summed E-state index contributed by atoms with van der Waals surface area (Å²) in [5.74, 6) is 0. The average molecular weight is 253 g/mol. The van der Waals surface area contributed by atoms with Gasteiger partial charge in [0.15, 0.2) is 0 Å². The van der Waals surface area contributed by atoms with E-state index in [2.05, 4.69) is 21.5 Å². The van der Waals surface area contributed by atoms with Gasteiger partial charge in [-0.15, -0.1) is 0 Å². The zero-order valence-corrected chi connectivity index (χ0v) is 10.6. The Hall–Kier alpha value is -2.53. The van der Waals surface area contributed by atoms with Crippen LogP contribution in [0.4, 0.5) is 11.4 Å². The normalized spacial score (nSPS) is 14.1. The number of benzene rings is 1. The second-order valence-electron chi connectivity index (χ2n) is 4.39. The van der Waals surface area contributed by atoms with Crippen molar-refractivity contribution in [1.82, 2.24) is 0 Å². The van der Waals surface area contributed by atoms with Crippen LogP contribution in [-0.2, 0) is 0 Å². The highest BCUT2D eigenvalue weighted by atomic mass is 15.3. The van der Waals surface area contributed by atoms with Gasteiger partial charge in [0.05, 0.1) is 5.69 Å². The number of rotatable bonds is 3. The molecule has 0 bridgehead atoms. The van der Waals surface area contributed by atoms with Gasteiger partial charge in [-0.2, -0.15) is 15.6 Å². The summed E-state index contributed by atoms with van der Waals surface area (Å²) in [4.78, 5) is 2.34. The van der Waals surface area contributed by atoms with Gasteiger partial charge in [0.1, 0.15) is 12.1 Å². The molecule has 0 amide bonds. The molecule has 0 aromatic heterocycles. The van der Waals surface area contributed by atoms with Gasteiger partial charge in [0.2, 0.25) is 5.71 Å². The van der Waals surface area contributed by atoms with Gasteiger partial charge >= 0.3 is 0 Å². The minimum absolute atomic E-state index is 0.177. The summed E-state index contributed by atoms with van der Waals surface area (Å²) in [7, 11) is 0. The molecule has 96 valence electrons. The summed E-state index contributed by atoms with van der Waals surface area (Å²) in [5.41, 5.74) is 4.50. The molecule has 1 saturated heterocycles. The van der Waals surface area contributed by atoms with Crippen molar-refractivity contribution in [2.45, 2.75) is 19.3 Å². The van der Waals surface area contributed by atoms with Crippen LogP contribution in [0.15, 0.2) is 29.4 Å². The van der Waals surface area contributed by atoms with Gasteiger partial charge in [0, 0.05) is 18.8 Å². The third-order valence-electron chi connectivity index (χ3n) is 3.08. The molecule has 1 aliphatic heterocycles. The maximum Gasteiger partial charge on any atom is 0.237 e. The quantitative estimate of drug-likeness (QED) is 0.663. The van der Waals surface area contributed by atoms with Crippen LogP contribution < -0.4 is 10.3 Å². The van der Waals surface area contributed by atoms with Crippen molar-refractivity contribution in [3.63, 3.8) is 0 Å². The largest absolute Gasteiger partial charge is 0.371 e. The molecule has 1 aromatic carbocycles. The summed E-state index contributed by atoms with van der Waals surface area (Å²) in [5, 5.41) is 21.0. The molecule has 5 nitrogen and oxygen atoms in total. The summed E-state index contributed by atoms with van der Waals surface area (Å²) in [6, 6.07) is 11.3. The smallest absolute Gasteiger partial charge is 0.237 e. The number of anilines is 2. The lowest BCUT2D eigenvalue weighted by Gasteiger charge is -2.29. The molecule has 0 atom stereocenters. The molecule has 1 aromatic rings. The average Bonchev–Trinajstić information content (AvgIpc) is 2.49. The van der Waals surface area contributed by atoms with Gasteiger partial charge in [-0.05, 0) is 37.5 Å². The van der Waals surface area contributed by atoms with E-state index in [0.717, 1.165) is 24.5 Å². The molecule has 0 saturated carbocycles. The molecule has 1 fully saturated rings. The predicted molar refractivity (Wildman–Crippen MR) is 74.8 cm³/mol. The van der Waals surface area contributed by atoms with Gasteiger partial charge < -0.3 is 4.90 Å². The summed E-state index contributed by atoms with van der Waals surface area (Å²) in [6.45, 7) is 2.16. The Bertz CT molecular complexity index is 528. The Kier molecular flexibility index (Phi) is 4.36. The van der Waals surface area contributed by atoms with Crippen LogP contribution in [-0.4, -0.2) is 18.8 Å². The highest BCUT2D eigenvalue weighted by molar-refractivity contribution is 6.10. The standard InChI is InChI=1S/C14H15N5/c15-10-13(11-16)18-17-12-5-4-6-14(9-12)19-7-2-1-3-8-19/h4-6,9,17H,1-3,7-8H2. The molecule has 1 N–H and O–H groups in total. The van der Waals surface area contributed by atoms with Crippen molar-refractivity contribution in [3.8, 4) is 12.1 Å². The second kappa shape index (κ2) is 6.42. The molecule has 5 heteroatoms. The lowest BCUT2D eigenvalue weighted by atomic mass is 10.1. The first-order valence-corrected chi connectivity index (χ1v) is 6.32. The summed E-state index contributed by atoms with van der Waals surface area (Å²) in [6.07, 6.45) is 3.75. The molecule has 1 aliphatic rings. The van der Waals surface area contributed by atoms with E-state index in [-0.39, 0.29) is 5.71 Å². The maximum absolute atomic E-state index is 8.61. The highest BCUT2D eigenvalue weighted by Gasteiger charge is 2.10. The fraction of sp³-hybridized carbons (Fsp3) is 0.357. The van der Waals surface area contributed by atoms with Crippen LogP contribution in [0, 0.1) is 22.7 Å². The van der Waals surface area contributed by atoms with Crippen molar-refractivity contribution < 1.29 is 0 Å². The van der Waals surface area contributed by atoms with E-state index in [1.807, 2.05) is 18.2 Å². The van der Waals surface area contributed by atoms with Crippen molar-refractivity contribution in [2.75, 3.05) is 23.4 Å². The van der Waals surface area contributed by atoms with E-state index < -0.39 is 0 Å². The topological polar surface area (TPSA) is 75.2 Å². The Morgan fingerprint density at radius 3 is 2.58 bits per heavy atom. The van der Waals surface area contributed by atoms with E-state index in [1.54, 1.807) is 12.1 Å². The Labute approximate surface area is 112 Å². The number of piperidine rings is 1. The van der Waals surface area contributed by atoms with Crippen LogP contribution >= 0.6 is 0 Å². The Balaban J connectivity index is 2.09. The number of nitrogens with one attached hydrogen (secondary N) is 1. The maximum atomic E-state index is 8.61. The summed E-state index contributed by atoms with van der Waals surface area (Å²) < 4.78 is 0. The van der Waals surface area contributed by atoms with Crippen LogP contribution in [0.25, 0.3) is 0 Å². The Morgan fingerprint density at radius 2 is 1.89 bits per heavy atom. The number of nitrogens with zero attached hydrogens (tertiary/aromatic N) is 4. The van der Waals surface area contributed by atoms with E-state index in [4.69, 9.17) is 10.5 Å². The van der Waals surface area contributed by atoms with E-state index >= 15 is 0 Å². The molecule has 0 unspecified atom stereocenters. The second-order valence-corrected chi connectivity index (χ2v) is 4.39. The number of hydrogen-bond acceptors (Lipinski definition) is 5. The van der Waals surface area contributed by atoms with Crippen LogP contribution in [0.1, 0.15) is 19.3 Å². The van der Waals surface area contributed by atoms with E-state index in [1.165, 1.54) is 19.3 Å². The van der Waals surface area contributed by atoms with Crippen LogP contribution in [0.2, 0.25) is 0 Å². The zero-order chi connectivity index (χ0) is 13.5. The highest BCUT2D eigenvalue weighted by Crippen LogP contribution is 2.22. The lowest BCUT2D eigenvalue weighted by molar-refractivity contribution is 0.578. The molecule has 0 radical (unpaired) electrons. The first kappa shape index (κ1) is 12.9. The van der Waals surface area contributed by atoms with E-state index in [9.17, 15) is 0 Å². The monoisotopic (exact) mass is 253 g/mol. The molecular formula is C14H15N5. The third-order valence-corrected chi connectivity index (χ3v) is 3.08. The first-order valence-electron chi connectivity index (χ1n) is 6.32. The van der Waals surface area contributed by atoms with Crippen molar-refractivity contribution in [3.05, 3.63) is 24.3 Å². The van der Waals surface area contributed by atoms with Crippen molar-refractivity contribution >= 4 is 17.1 Å². The van der Waals surface area contributed by atoms with Gasteiger partial charge in [0.25, 0.3) is 0 Å². The molecule has 0 spiro atoms. The van der Waals surface area contributed by atoms with Gasteiger partial charge in [-0.25, -0.2) is 0 Å². The Morgan fingerprint density at radius 1 is 1.16 bits per heavy atom. The molecule has 1 heterocycles. The lowest BCUT2D eigenvalue weighted by Crippen LogP contribution is -2.29. The van der Waals surface area contributed by atoms with Crippen LogP contribution in [0.5, 0.6) is 0 Å². The fourth-order valence-corrected chi connectivity index (χ4v) is 2.12. The van der Waals surface area contributed by atoms with E-state index in [0.29, 0.717) is 0 Å². The molecular weight excluding hydrogens is 238 g/mol. The molecule has 2 rings (SSSR count). The number of hydrazone groups is 1. The number of nitriles is 2. The van der Waals surface area contributed by atoms with Gasteiger partial charge in [-0.3, -0.25) is 5.43 Å². The van der Waals surface area contributed by atoms with Crippen molar-refractivity contribution in [1.29, 1.82) is 10.5 Å². The minimum Gasteiger partial charge on any atom is -0.371 e. The third kappa shape index (κ3) is 3.46. The predicted octanol–water partition coefficient (Wildman–Crippen LogP) is 2.49. The minimum atomic E-state index is -0.177.